The zero-order valence-corrected chi connectivity index (χ0v) is 22.3. The highest BCUT2D eigenvalue weighted by Crippen LogP contribution is 2.35. The van der Waals surface area contributed by atoms with E-state index in [1.54, 1.807) is 18.2 Å². The maximum Gasteiger partial charge on any atom is 0.252 e. The van der Waals surface area contributed by atoms with E-state index in [0.29, 0.717) is 34.7 Å². The Kier molecular flexibility index (Phi) is 8.32. The van der Waals surface area contributed by atoms with Crippen LogP contribution < -0.4 is 21.3 Å². The summed E-state index contributed by atoms with van der Waals surface area (Å²) in [7, 11) is 1.43. The van der Waals surface area contributed by atoms with E-state index in [0.717, 1.165) is 6.07 Å². The highest BCUT2D eigenvalue weighted by molar-refractivity contribution is 6.31. The SMILES string of the molecule is CCCC(C(=O)Nc1ccc(C(N)=O)c(F)c1)n1cc(OC)c(-c2cc(Cl)ccc2-n2cc(Cl)nn2)cc1=O. The molecular formula is C26H23Cl2FN6O4. The molecule has 2 aromatic carbocycles. The van der Waals surface area contributed by atoms with Gasteiger partial charge in [0.25, 0.3) is 11.5 Å². The molecule has 0 aliphatic carbocycles. The van der Waals surface area contributed by atoms with Crippen LogP contribution in [0.2, 0.25) is 10.2 Å². The lowest BCUT2D eigenvalue weighted by Crippen LogP contribution is -2.33. The molecule has 39 heavy (non-hydrogen) atoms. The Hall–Kier alpha value is -4.22. The third-order valence-corrected chi connectivity index (χ3v) is 6.34. The van der Waals surface area contributed by atoms with Crippen LogP contribution in [0.4, 0.5) is 10.1 Å². The number of methoxy groups -OCH3 is 1. The van der Waals surface area contributed by atoms with Crippen molar-refractivity contribution >= 4 is 40.7 Å². The van der Waals surface area contributed by atoms with E-state index in [9.17, 15) is 18.8 Å². The van der Waals surface area contributed by atoms with Crippen molar-refractivity contribution in [3.63, 3.8) is 0 Å². The number of carbonyl (C=O) groups is 2. The number of anilines is 1. The zero-order valence-electron chi connectivity index (χ0n) is 20.8. The number of nitrogens with two attached hydrogens (primary N) is 1. The normalized spacial score (nSPS) is 11.7. The lowest BCUT2D eigenvalue weighted by atomic mass is 10.0. The summed E-state index contributed by atoms with van der Waals surface area (Å²) in [6.07, 6.45) is 3.81. The minimum atomic E-state index is -0.947. The van der Waals surface area contributed by atoms with Crippen molar-refractivity contribution in [1.29, 1.82) is 0 Å². The highest BCUT2D eigenvalue weighted by Gasteiger charge is 2.24. The van der Waals surface area contributed by atoms with Crippen LogP contribution in [0.3, 0.4) is 0 Å². The number of hydrogen-bond donors (Lipinski definition) is 2. The molecule has 0 aliphatic heterocycles. The molecule has 0 aliphatic rings. The Bertz CT molecular complexity index is 1620. The zero-order chi connectivity index (χ0) is 28.3. The fraction of sp³-hybridized carbons (Fsp3) is 0.192. The van der Waals surface area contributed by atoms with Crippen molar-refractivity contribution in [2.75, 3.05) is 12.4 Å². The number of ether oxygens (including phenoxy) is 1. The van der Waals surface area contributed by atoms with Gasteiger partial charge in [-0.1, -0.05) is 41.8 Å². The summed E-state index contributed by atoms with van der Waals surface area (Å²) in [5.74, 6) is -2.07. The van der Waals surface area contributed by atoms with Crippen LogP contribution in [-0.4, -0.2) is 38.5 Å². The lowest BCUT2D eigenvalue weighted by molar-refractivity contribution is -0.119. The molecule has 10 nitrogen and oxygen atoms in total. The van der Waals surface area contributed by atoms with E-state index in [1.165, 1.54) is 47.0 Å². The first-order valence-electron chi connectivity index (χ1n) is 11.7. The molecule has 2 aromatic heterocycles. The van der Waals surface area contributed by atoms with Gasteiger partial charge in [0.15, 0.2) is 5.15 Å². The highest BCUT2D eigenvalue weighted by atomic mass is 35.5. The smallest absolute Gasteiger partial charge is 0.252 e. The van der Waals surface area contributed by atoms with E-state index in [2.05, 4.69) is 15.6 Å². The monoisotopic (exact) mass is 572 g/mol. The molecule has 4 aromatic rings. The summed E-state index contributed by atoms with van der Waals surface area (Å²) in [5.41, 5.74) is 5.92. The minimum Gasteiger partial charge on any atom is -0.495 e. The molecule has 3 N–H and O–H groups in total. The number of aromatic nitrogens is 4. The van der Waals surface area contributed by atoms with Crippen molar-refractivity contribution in [2.45, 2.75) is 25.8 Å². The number of nitrogens with zero attached hydrogens (tertiary/aromatic N) is 4. The van der Waals surface area contributed by atoms with Crippen molar-refractivity contribution in [1.82, 2.24) is 19.6 Å². The van der Waals surface area contributed by atoms with Crippen LogP contribution >= 0.6 is 23.2 Å². The number of pyridine rings is 1. The van der Waals surface area contributed by atoms with Crippen LogP contribution in [0, 0.1) is 5.82 Å². The molecule has 1 atom stereocenters. The Morgan fingerprint density at radius 3 is 2.51 bits per heavy atom. The Labute approximate surface area is 232 Å². The van der Waals surface area contributed by atoms with Crippen LogP contribution in [0.5, 0.6) is 5.75 Å². The molecule has 0 spiro atoms. The first-order chi connectivity index (χ1) is 18.6. The Morgan fingerprint density at radius 1 is 1.13 bits per heavy atom. The molecule has 2 heterocycles. The van der Waals surface area contributed by atoms with Gasteiger partial charge in [0.05, 0.1) is 30.8 Å². The summed E-state index contributed by atoms with van der Waals surface area (Å²) in [5, 5.41) is 11.0. The van der Waals surface area contributed by atoms with Gasteiger partial charge in [-0.15, -0.1) is 5.10 Å². The Balaban J connectivity index is 1.75. The van der Waals surface area contributed by atoms with E-state index in [1.807, 2.05) is 6.92 Å². The molecule has 0 saturated heterocycles. The van der Waals surface area contributed by atoms with E-state index >= 15 is 0 Å². The van der Waals surface area contributed by atoms with Crippen LogP contribution in [0.25, 0.3) is 16.8 Å². The predicted octanol–water partition coefficient (Wildman–Crippen LogP) is 4.63. The second-order valence-electron chi connectivity index (χ2n) is 8.50. The fourth-order valence-electron chi connectivity index (χ4n) is 4.12. The summed E-state index contributed by atoms with van der Waals surface area (Å²) < 4.78 is 22.5. The number of halogens is 3. The van der Waals surface area contributed by atoms with E-state index in [-0.39, 0.29) is 22.2 Å². The summed E-state index contributed by atoms with van der Waals surface area (Å²) in [6, 6.07) is 8.92. The number of carbonyl (C=O) groups excluding carboxylic acids is 2. The molecule has 4 rings (SSSR count). The number of amides is 2. The topological polar surface area (TPSA) is 134 Å². The number of hydrogen-bond acceptors (Lipinski definition) is 6. The molecule has 2 amide bonds. The van der Waals surface area contributed by atoms with Crippen LogP contribution in [0.1, 0.15) is 36.2 Å². The van der Waals surface area contributed by atoms with Gasteiger partial charge in [-0.05, 0) is 42.8 Å². The van der Waals surface area contributed by atoms with Gasteiger partial charge in [-0.2, -0.15) is 0 Å². The van der Waals surface area contributed by atoms with Gasteiger partial charge < -0.3 is 15.8 Å². The molecule has 0 fully saturated rings. The fourth-order valence-corrected chi connectivity index (χ4v) is 4.42. The van der Waals surface area contributed by atoms with E-state index < -0.39 is 29.2 Å². The van der Waals surface area contributed by atoms with Crippen LogP contribution in [-0.2, 0) is 4.79 Å². The lowest BCUT2D eigenvalue weighted by Gasteiger charge is -2.21. The average molecular weight is 573 g/mol. The predicted molar refractivity (Wildman–Crippen MR) is 145 cm³/mol. The quantitative estimate of drug-likeness (QED) is 0.300. The third kappa shape index (κ3) is 5.94. The van der Waals surface area contributed by atoms with Gasteiger partial charge in [-0.25, -0.2) is 9.07 Å². The molecule has 1 unspecified atom stereocenters. The van der Waals surface area contributed by atoms with Gasteiger partial charge in [0.1, 0.15) is 17.6 Å². The summed E-state index contributed by atoms with van der Waals surface area (Å²) in [6.45, 7) is 1.86. The van der Waals surface area contributed by atoms with Crippen molar-refractivity contribution < 1.29 is 18.7 Å². The summed E-state index contributed by atoms with van der Waals surface area (Å²) in [4.78, 5) is 38.0. The second-order valence-corrected chi connectivity index (χ2v) is 9.32. The molecule has 13 heteroatoms. The maximum atomic E-state index is 14.2. The second kappa shape index (κ2) is 11.7. The molecule has 0 radical (unpaired) electrons. The minimum absolute atomic E-state index is 0.107. The number of rotatable bonds is 9. The van der Waals surface area contributed by atoms with E-state index in [4.69, 9.17) is 33.7 Å². The number of primary amides is 1. The van der Waals surface area contributed by atoms with Gasteiger partial charge in [0, 0.05) is 27.9 Å². The molecular weight excluding hydrogens is 550 g/mol. The number of nitrogens with one attached hydrogen (secondary N) is 1. The molecule has 202 valence electrons. The third-order valence-electron chi connectivity index (χ3n) is 5.93. The average Bonchev–Trinajstić information content (AvgIpc) is 3.33. The largest absolute Gasteiger partial charge is 0.495 e. The standard InChI is InChI=1S/C26H23Cl2FN6O4/c1-3-4-21(26(38)31-15-6-7-16(25(30)37)19(29)10-15)34-12-22(39-2)18(11-24(34)36)17-9-14(27)5-8-20(17)35-13-23(28)32-33-35/h5-13,21H,3-4H2,1-2H3,(H2,30,37)(H,31,38). The van der Waals surface area contributed by atoms with Gasteiger partial charge >= 0.3 is 0 Å². The van der Waals surface area contributed by atoms with Gasteiger partial charge in [0.2, 0.25) is 5.91 Å². The summed E-state index contributed by atoms with van der Waals surface area (Å²) >= 11 is 12.2. The van der Waals surface area contributed by atoms with Crippen molar-refractivity contribution in [3.05, 3.63) is 86.8 Å². The first kappa shape index (κ1) is 27.8. The first-order valence-corrected chi connectivity index (χ1v) is 12.5. The molecule has 0 bridgehead atoms. The number of benzene rings is 2. The molecule has 0 saturated carbocycles. The van der Waals surface area contributed by atoms with Crippen molar-refractivity contribution in [3.8, 4) is 22.6 Å². The van der Waals surface area contributed by atoms with Crippen molar-refractivity contribution in [2.24, 2.45) is 5.73 Å². The Morgan fingerprint density at radius 2 is 1.90 bits per heavy atom. The van der Waals surface area contributed by atoms with Gasteiger partial charge in [-0.3, -0.25) is 19.0 Å². The van der Waals surface area contributed by atoms with Crippen LogP contribution in [0.15, 0.2) is 59.7 Å². The maximum absolute atomic E-state index is 14.2.